The van der Waals surface area contributed by atoms with Gasteiger partial charge in [-0.25, -0.2) is 9.37 Å². The van der Waals surface area contributed by atoms with Crippen molar-refractivity contribution in [1.82, 2.24) is 14.9 Å². The van der Waals surface area contributed by atoms with Crippen molar-refractivity contribution in [2.75, 3.05) is 7.11 Å². The monoisotopic (exact) mass is 353 g/mol. The van der Waals surface area contributed by atoms with Crippen LogP contribution in [-0.2, 0) is 11.2 Å². The molecule has 1 amide bonds. The Kier molecular flexibility index (Phi) is 5.31. The first kappa shape index (κ1) is 17.7. The van der Waals surface area contributed by atoms with Gasteiger partial charge in [-0.05, 0) is 42.3 Å². The molecule has 0 aliphatic carbocycles. The number of nitrogens with one attached hydrogen (secondary N) is 1. The standard InChI is InChI=1S/C20H20FN3O2/c1-14(16-4-6-17(7-5-16)24-10-9-22-13-24)23-20(25)12-15-3-8-19(26-2)18(21)11-15/h3-11,13-14H,12H2,1-2H3,(H,23,25)/t14-/m0/s1. The zero-order valence-electron chi connectivity index (χ0n) is 14.6. The van der Waals surface area contributed by atoms with E-state index < -0.39 is 5.82 Å². The summed E-state index contributed by atoms with van der Waals surface area (Å²) in [6.07, 6.45) is 5.43. The van der Waals surface area contributed by atoms with Crippen LogP contribution in [0.1, 0.15) is 24.1 Å². The fraction of sp³-hybridized carbons (Fsp3) is 0.200. The summed E-state index contributed by atoms with van der Waals surface area (Å²) in [5, 5.41) is 2.94. The number of hydrogen-bond acceptors (Lipinski definition) is 3. The Balaban J connectivity index is 1.61. The van der Waals surface area contributed by atoms with Gasteiger partial charge in [0.05, 0.1) is 25.9 Å². The highest BCUT2D eigenvalue weighted by atomic mass is 19.1. The second-order valence-corrected chi connectivity index (χ2v) is 6.00. The number of rotatable bonds is 6. The van der Waals surface area contributed by atoms with E-state index in [0.29, 0.717) is 5.56 Å². The predicted molar refractivity (Wildman–Crippen MR) is 96.8 cm³/mol. The topological polar surface area (TPSA) is 56.1 Å². The SMILES string of the molecule is COc1ccc(CC(=O)N[C@@H](C)c2ccc(-n3ccnc3)cc2)cc1F. The minimum atomic E-state index is -0.471. The molecule has 1 atom stereocenters. The third kappa shape index (κ3) is 4.08. The molecule has 0 aliphatic heterocycles. The third-order valence-corrected chi connectivity index (χ3v) is 4.15. The van der Waals surface area contributed by atoms with Crippen LogP contribution in [0, 0.1) is 5.82 Å². The van der Waals surface area contributed by atoms with Gasteiger partial charge >= 0.3 is 0 Å². The lowest BCUT2D eigenvalue weighted by Gasteiger charge is -2.15. The highest BCUT2D eigenvalue weighted by Gasteiger charge is 2.12. The van der Waals surface area contributed by atoms with Crippen LogP contribution >= 0.6 is 0 Å². The molecule has 6 heteroatoms. The van der Waals surface area contributed by atoms with Crippen LogP contribution < -0.4 is 10.1 Å². The third-order valence-electron chi connectivity index (χ3n) is 4.15. The van der Waals surface area contributed by atoms with E-state index in [0.717, 1.165) is 11.3 Å². The predicted octanol–water partition coefficient (Wildman–Crippen LogP) is 3.44. The Hall–Kier alpha value is -3.15. The van der Waals surface area contributed by atoms with Crippen molar-refractivity contribution in [3.8, 4) is 11.4 Å². The number of imidazole rings is 1. The molecular weight excluding hydrogens is 333 g/mol. The highest BCUT2D eigenvalue weighted by Crippen LogP contribution is 2.19. The Morgan fingerprint density at radius 1 is 1.27 bits per heavy atom. The molecule has 2 aromatic carbocycles. The zero-order chi connectivity index (χ0) is 18.5. The maximum Gasteiger partial charge on any atom is 0.224 e. The van der Waals surface area contributed by atoms with Gasteiger partial charge in [0.2, 0.25) is 5.91 Å². The van der Waals surface area contributed by atoms with Crippen molar-refractivity contribution in [3.05, 3.63) is 78.1 Å². The molecule has 1 heterocycles. The molecule has 0 bridgehead atoms. The maximum absolute atomic E-state index is 13.7. The first-order valence-corrected chi connectivity index (χ1v) is 8.27. The molecule has 3 aromatic rings. The normalized spacial score (nSPS) is 11.8. The van der Waals surface area contributed by atoms with Crippen LogP contribution in [0.4, 0.5) is 4.39 Å². The van der Waals surface area contributed by atoms with Crippen LogP contribution in [-0.4, -0.2) is 22.6 Å². The van der Waals surface area contributed by atoms with E-state index in [2.05, 4.69) is 10.3 Å². The summed E-state index contributed by atoms with van der Waals surface area (Å²) in [6.45, 7) is 1.92. The van der Waals surface area contributed by atoms with Crippen molar-refractivity contribution in [3.63, 3.8) is 0 Å². The number of amides is 1. The van der Waals surface area contributed by atoms with Crippen molar-refractivity contribution in [2.45, 2.75) is 19.4 Å². The van der Waals surface area contributed by atoms with Crippen LogP contribution in [0.5, 0.6) is 5.75 Å². The second-order valence-electron chi connectivity index (χ2n) is 6.00. The first-order valence-electron chi connectivity index (χ1n) is 8.27. The van der Waals surface area contributed by atoms with Gasteiger partial charge in [-0.2, -0.15) is 0 Å². The average Bonchev–Trinajstić information content (AvgIpc) is 3.16. The summed E-state index contributed by atoms with van der Waals surface area (Å²) in [5.74, 6) is -0.470. The minimum absolute atomic E-state index is 0.109. The number of methoxy groups -OCH3 is 1. The van der Waals surface area contributed by atoms with Gasteiger partial charge in [-0.1, -0.05) is 18.2 Å². The molecule has 0 saturated heterocycles. The molecule has 26 heavy (non-hydrogen) atoms. The number of carbonyl (C=O) groups is 1. The van der Waals surface area contributed by atoms with E-state index in [-0.39, 0.29) is 24.1 Å². The molecule has 0 fully saturated rings. The maximum atomic E-state index is 13.7. The number of carbonyl (C=O) groups excluding carboxylic acids is 1. The van der Waals surface area contributed by atoms with Gasteiger partial charge in [-0.3, -0.25) is 4.79 Å². The van der Waals surface area contributed by atoms with Crippen LogP contribution in [0.3, 0.4) is 0 Å². The van der Waals surface area contributed by atoms with Crippen molar-refractivity contribution >= 4 is 5.91 Å². The molecule has 134 valence electrons. The lowest BCUT2D eigenvalue weighted by molar-refractivity contribution is -0.121. The number of nitrogens with zero attached hydrogens (tertiary/aromatic N) is 2. The van der Waals surface area contributed by atoms with Crippen molar-refractivity contribution < 1.29 is 13.9 Å². The second kappa shape index (κ2) is 7.82. The Morgan fingerprint density at radius 2 is 2.04 bits per heavy atom. The van der Waals surface area contributed by atoms with Gasteiger partial charge in [0.15, 0.2) is 11.6 Å². The van der Waals surface area contributed by atoms with E-state index in [1.54, 1.807) is 18.6 Å². The zero-order valence-corrected chi connectivity index (χ0v) is 14.6. The van der Waals surface area contributed by atoms with Crippen molar-refractivity contribution in [1.29, 1.82) is 0 Å². The van der Waals surface area contributed by atoms with Crippen LogP contribution in [0.2, 0.25) is 0 Å². The molecule has 0 unspecified atom stereocenters. The van der Waals surface area contributed by atoms with E-state index >= 15 is 0 Å². The van der Waals surface area contributed by atoms with Gasteiger partial charge in [0.25, 0.3) is 0 Å². The summed E-state index contributed by atoms with van der Waals surface area (Å²) in [7, 11) is 1.41. The summed E-state index contributed by atoms with van der Waals surface area (Å²) < 4.78 is 20.5. The minimum Gasteiger partial charge on any atom is -0.494 e. The molecule has 1 aromatic heterocycles. The molecule has 0 radical (unpaired) electrons. The lowest BCUT2D eigenvalue weighted by atomic mass is 10.1. The van der Waals surface area contributed by atoms with E-state index in [4.69, 9.17) is 4.74 Å². The van der Waals surface area contributed by atoms with Gasteiger partial charge in [0.1, 0.15) is 0 Å². The summed E-state index contributed by atoms with van der Waals surface area (Å²) >= 11 is 0. The molecular formula is C20H20FN3O2. The fourth-order valence-electron chi connectivity index (χ4n) is 2.73. The van der Waals surface area contributed by atoms with Crippen LogP contribution in [0.25, 0.3) is 5.69 Å². The largest absolute Gasteiger partial charge is 0.494 e. The Bertz CT molecular complexity index is 877. The van der Waals surface area contributed by atoms with E-state index in [1.165, 1.54) is 19.2 Å². The van der Waals surface area contributed by atoms with Crippen molar-refractivity contribution in [2.24, 2.45) is 0 Å². The first-order chi connectivity index (χ1) is 12.6. The molecule has 0 saturated carbocycles. The summed E-state index contributed by atoms with van der Waals surface area (Å²) in [4.78, 5) is 16.3. The summed E-state index contributed by atoms with van der Waals surface area (Å²) in [5.41, 5.74) is 2.59. The van der Waals surface area contributed by atoms with Gasteiger partial charge in [-0.15, -0.1) is 0 Å². The lowest BCUT2D eigenvalue weighted by Crippen LogP contribution is -2.28. The smallest absolute Gasteiger partial charge is 0.224 e. The van der Waals surface area contributed by atoms with E-state index in [1.807, 2.05) is 42.0 Å². The van der Waals surface area contributed by atoms with Gasteiger partial charge in [0, 0.05) is 18.1 Å². The molecule has 5 nitrogen and oxygen atoms in total. The highest BCUT2D eigenvalue weighted by molar-refractivity contribution is 5.79. The average molecular weight is 353 g/mol. The fourth-order valence-corrected chi connectivity index (χ4v) is 2.73. The molecule has 0 spiro atoms. The van der Waals surface area contributed by atoms with Gasteiger partial charge < -0.3 is 14.6 Å². The Labute approximate surface area is 151 Å². The number of aromatic nitrogens is 2. The number of ether oxygens (including phenoxy) is 1. The molecule has 1 N–H and O–H groups in total. The van der Waals surface area contributed by atoms with E-state index in [9.17, 15) is 9.18 Å². The molecule has 3 rings (SSSR count). The van der Waals surface area contributed by atoms with Crippen LogP contribution in [0.15, 0.2) is 61.2 Å². The summed E-state index contributed by atoms with van der Waals surface area (Å²) in [6, 6.07) is 12.3. The number of benzene rings is 2. The Morgan fingerprint density at radius 3 is 2.65 bits per heavy atom. The quantitative estimate of drug-likeness (QED) is 0.739. The number of hydrogen-bond donors (Lipinski definition) is 1. The number of halogens is 1. The molecule has 0 aliphatic rings.